The molecule has 2 rings (SSSR count). The van der Waals surface area contributed by atoms with Gasteiger partial charge in [-0.25, -0.2) is 0 Å². The summed E-state index contributed by atoms with van der Waals surface area (Å²) < 4.78 is 5.38. The van der Waals surface area contributed by atoms with E-state index in [1.54, 1.807) is 12.1 Å². The summed E-state index contributed by atoms with van der Waals surface area (Å²) in [6.07, 6.45) is -1.00. The highest BCUT2D eigenvalue weighted by Gasteiger charge is 2.22. The molecule has 0 bridgehead atoms. The van der Waals surface area contributed by atoms with Crippen molar-refractivity contribution in [1.82, 2.24) is 0 Å². The number of carbonyl (C=O) groups excluding carboxylic acids is 1. The number of benzene rings is 2. The molecule has 1 amide bonds. The van der Waals surface area contributed by atoms with E-state index < -0.39 is 16.9 Å². The summed E-state index contributed by atoms with van der Waals surface area (Å²) >= 11 is 17.5. The molecule has 6 nitrogen and oxygen atoms in total. The Kier molecular flexibility index (Phi) is 5.88. The van der Waals surface area contributed by atoms with Crippen molar-refractivity contribution >= 4 is 52.1 Å². The van der Waals surface area contributed by atoms with Crippen molar-refractivity contribution < 1.29 is 14.5 Å². The molecule has 0 saturated carbocycles. The maximum atomic E-state index is 12.2. The van der Waals surface area contributed by atoms with E-state index in [1.165, 1.54) is 25.1 Å². The number of amides is 1. The zero-order valence-electron chi connectivity index (χ0n) is 12.3. The van der Waals surface area contributed by atoms with E-state index in [4.69, 9.17) is 39.5 Å². The molecular formula is C15H11Cl3N2O4. The predicted molar refractivity (Wildman–Crippen MR) is 93.3 cm³/mol. The first kappa shape index (κ1) is 18.3. The molecule has 0 saturated heterocycles. The summed E-state index contributed by atoms with van der Waals surface area (Å²) in [6.45, 7) is 1.46. The van der Waals surface area contributed by atoms with Crippen molar-refractivity contribution in [3.05, 3.63) is 61.6 Å². The zero-order chi connectivity index (χ0) is 17.9. The van der Waals surface area contributed by atoms with Crippen LogP contribution in [0.25, 0.3) is 0 Å². The highest BCUT2D eigenvalue weighted by atomic mass is 35.5. The minimum atomic E-state index is -1.00. The number of anilines is 1. The summed E-state index contributed by atoms with van der Waals surface area (Å²) in [5, 5.41) is 14.5. The number of hydrogen-bond donors (Lipinski definition) is 1. The number of rotatable bonds is 5. The molecule has 0 aliphatic carbocycles. The first-order chi connectivity index (χ1) is 11.3. The Morgan fingerprint density at radius 1 is 1.17 bits per heavy atom. The molecule has 0 aromatic heterocycles. The number of nitrogens with one attached hydrogen (secondary N) is 1. The molecule has 1 atom stereocenters. The van der Waals surface area contributed by atoms with Gasteiger partial charge in [-0.2, -0.15) is 0 Å². The van der Waals surface area contributed by atoms with E-state index in [2.05, 4.69) is 5.32 Å². The fraction of sp³-hybridized carbons (Fsp3) is 0.133. The minimum absolute atomic E-state index is 0.0609. The number of halogens is 3. The van der Waals surface area contributed by atoms with Gasteiger partial charge in [-0.1, -0.05) is 34.8 Å². The Morgan fingerprint density at radius 3 is 2.42 bits per heavy atom. The van der Waals surface area contributed by atoms with Crippen LogP contribution >= 0.6 is 34.8 Å². The van der Waals surface area contributed by atoms with Crippen LogP contribution in [0.3, 0.4) is 0 Å². The van der Waals surface area contributed by atoms with Crippen LogP contribution in [-0.4, -0.2) is 16.9 Å². The fourth-order valence-corrected chi connectivity index (χ4v) is 2.42. The number of ether oxygens (including phenoxy) is 1. The van der Waals surface area contributed by atoms with Crippen LogP contribution < -0.4 is 10.1 Å². The molecule has 0 fully saturated rings. The molecule has 0 spiro atoms. The molecule has 0 aliphatic heterocycles. The number of carbonyl (C=O) groups is 1. The van der Waals surface area contributed by atoms with Crippen molar-refractivity contribution in [2.24, 2.45) is 0 Å². The van der Waals surface area contributed by atoms with Gasteiger partial charge in [0.25, 0.3) is 5.91 Å². The van der Waals surface area contributed by atoms with Gasteiger partial charge in [-0.05, 0) is 37.3 Å². The minimum Gasteiger partial charge on any atom is -0.474 e. The van der Waals surface area contributed by atoms with Crippen LogP contribution in [0.4, 0.5) is 11.4 Å². The maximum Gasteiger partial charge on any atom is 0.312 e. The van der Waals surface area contributed by atoms with E-state index in [9.17, 15) is 14.9 Å². The van der Waals surface area contributed by atoms with Crippen LogP contribution in [0.2, 0.25) is 15.1 Å². The molecule has 24 heavy (non-hydrogen) atoms. The van der Waals surface area contributed by atoms with Gasteiger partial charge in [-0.15, -0.1) is 0 Å². The Labute approximate surface area is 152 Å². The number of nitrogens with zero attached hydrogens (tertiary/aromatic N) is 1. The molecule has 2 aromatic carbocycles. The van der Waals surface area contributed by atoms with Crippen LogP contribution in [0.15, 0.2) is 36.4 Å². The lowest BCUT2D eigenvalue weighted by atomic mass is 10.2. The van der Waals surface area contributed by atoms with E-state index in [-0.39, 0.29) is 21.5 Å². The molecule has 9 heteroatoms. The Morgan fingerprint density at radius 2 is 1.79 bits per heavy atom. The van der Waals surface area contributed by atoms with Gasteiger partial charge >= 0.3 is 5.69 Å². The standard InChI is InChI=1S/C15H11Cl3N2O4/c1-8(15(21)19-12-4-2-9(16)6-11(12)18)24-14-5-3-10(17)7-13(14)20(22)23/h2-8H,1H3,(H,19,21)/t8-/m0/s1. The average Bonchev–Trinajstić information content (AvgIpc) is 2.51. The van der Waals surface area contributed by atoms with Gasteiger partial charge in [0.05, 0.1) is 15.6 Å². The van der Waals surface area contributed by atoms with Crippen molar-refractivity contribution in [1.29, 1.82) is 0 Å². The van der Waals surface area contributed by atoms with E-state index in [0.29, 0.717) is 10.7 Å². The monoisotopic (exact) mass is 388 g/mol. The molecular weight excluding hydrogens is 379 g/mol. The lowest BCUT2D eigenvalue weighted by Crippen LogP contribution is -2.30. The highest BCUT2D eigenvalue weighted by Crippen LogP contribution is 2.31. The van der Waals surface area contributed by atoms with Crippen molar-refractivity contribution in [3.63, 3.8) is 0 Å². The predicted octanol–water partition coefficient (Wildman–Crippen LogP) is 4.96. The third kappa shape index (κ3) is 4.50. The maximum absolute atomic E-state index is 12.2. The zero-order valence-corrected chi connectivity index (χ0v) is 14.5. The average molecular weight is 390 g/mol. The molecule has 0 heterocycles. The van der Waals surface area contributed by atoms with Crippen LogP contribution in [-0.2, 0) is 4.79 Å². The quantitative estimate of drug-likeness (QED) is 0.579. The topological polar surface area (TPSA) is 81.5 Å². The fourth-order valence-electron chi connectivity index (χ4n) is 1.80. The summed E-state index contributed by atoms with van der Waals surface area (Å²) in [7, 11) is 0. The van der Waals surface area contributed by atoms with E-state index in [0.717, 1.165) is 6.07 Å². The second-order valence-corrected chi connectivity index (χ2v) is 6.02. The number of nitro benzene ring substituents is 1. The molecule has 0 unspecified atom stereocenters. The Hall–Kier alpha value is -2.02. The van der Waals surface area contributed by atoms with E-state index >= 15 is 0 Å². The molecule has 0 aliphatic rings. The van der Waals surface area contributed by atoms with Gasteiger partial charge in [0, 0.05) is 16.1 Å². The van der Waals surface area contributed by atoms with Crippen molar-refractivity contribution in [2.75, 3.05) is 5.32 Å². The van der Waals surface area contributed by atoms with Crippen LogP contribution in [0.1, 0.15) is 6.92 Å². The second-order valence-electron chi connectivity index (χ2n) is 4.74. The van der Waals surface area contributed by atoms with Crippen LogP contribution in [0.5, 0.6) is 5.75 Å². The Bertz CT molecular complexity index is 798. The van der Waals surface area contributed by atoms with E-state index in [1.807, 2.05) is 0 Å². The summed E-state index contributed by atoms with van der Waals surface area (Å²) in [4.78, 5) is 22.6. The summed E-state index contributed by atoms with van der Waals surface area (Å²) in [6, 6.07) is 8.51. The molecule has 2 aromatic rings. The third-order valence-electron chi connectivity index (χ3n) is 2.98. The Balaban J connectivity index is 2.13. The normalized spacial score (nSPS) is 11.7. The highest BCUT2D eigenvalue weighted by molar-refractivity contribution is 6.36. The van der Waals surface area contributed by atoms with Gasteiger partial charge in [0.1, 0.15) is 0 Å². The smallest absolute Gasteiger partial charge is 0.312 e. The van der Waals surface area contributed by atoms with Crippen LogP contribution in [0, 0.1) is 10.1 Å². The number of nitro groups is 1. The summed E-state index contributed by atoms with van der Waals surface area (Å²) in [5.41, 5.74) is 0.0267. The SMILES string of the molecule is C[C@H](Oc1ccc(Cl)cc1[N+](=O)[O-])C(=O)Nc1ccc(Cl)cc1Cl. The van der Waals surface area contributed by atoms with Crippen molar-refractivity contribution in [3.8, 4) is 5.75 Å². The number of hydrogen-bond acceptors (Lipinski definition) is 4. The first-order valence-electron chi connectivity index (χ1n) is 6.64. The van der Waals surface area contributed by atoms with Gasteiger partial charge in [0.15, 0.2) is 11.9 Å². The van der Waals surface area contributed by atoms with Gasteiger partial charge in [0.2, 0.25) is 0 Å². The van der Waals surface area contributed by atoms with Gasteiger partial charge < -0.3 is 10.1 Å². The third-order valence-corrected chi connectivity index (χ3v) is 3.76. The molecule has 126 valence electrons. The largest absolute Gasteiger partial charge is 0.474 e. The second kappa shape index (κ2) is 7.70. The van der Waals surface area contributed by atoms with Gasteiger partial charge in [-0.3, -0.25) is 14.9 Å². The first-order valence-corrected chi connectivity index (χ1v) is 7.78. The summed E-state index contributed by atoms with van der Waals surface area (Å²) in [5.74, 6) is -0.585. The molecule has 0 radical (unpaired) electrons. The lowest BCUT2D eigenvalue weighted by Gasteiger charge is -2.15. The lowest BCUT2D eigenvalue weighted by molar-refractivity contribution is -0.386. The molecule has 1 N–H and O–H groups in total. The van der Waals surface area contributed by atoms with Crippen molar-refractivity contribution in [2.45, 2.75) is 13.0 Å².